The first-order valence-electron chi connectivity index (χ1n) is 7.25. The lowest BCUT2D eigenvalue weighted by molar-refractivity contribution is -0.115. The Hall–Kier alpha value is -0.120. The maximum atomic E-state index is 11.1. The molecule has 17 heavy (non-hydrogen) atoms. The molecule has 0 spiro atoms. The number of nitrogens with two attached hydrogens (primary N) is 1. The molecule has 0 aromatic carbocycles. The summed E-state index contributed by atoms with van der Waals surface area (Å²) in [5.41, 5.74) is 5.54. The van der Waals surface area contributed by atoms with E-state index in [1.54, 1.807) is 0 Å². The van der Waals surface area contributed by atoms with Crippen molar-refractivity contribution in [3.05, 3.63) is 0 Å². The van der Waals surface area contributed by atoms with Gasteiger partial charge in [0.15, 0.2) is 0 Å². The van der Waals surface area contributed by atoms with Crippen molar-refractivity contribution >= 4 is 0 Å². The van der Waals surface area contributed by atoms with Crippen molar-refractivity contribution < 1.29 is 5.11 Å². The van der Waals surface area contributed by atoms with Gasteiger partial charge < -0.3 is 16.2 Å². The molecule has 3 unspecified atom stereocenters. The summed E-state index contributed by atoms with van der Waals surface area (Å²) in [6.45, 7) is 4.93. The fourth-order valence-electron chi connectivity index (χ4n) is 4.04. The van der Waals surface area contributed by atoms with E-state index in [0.717, 1.165) is 45.2 Å². The molecule has 3 heteroatoms. The zero-order valence-corrected chi connectivity index (χ0v) is 11.2. The monoisotopic (exact) mass is 240 g/mol. The predicted molar refractivity (Wildman–Crippen MR) is 70.8 cm³/mol. The van der Waals surface area contributed by atoms with Gasteiger partial charge in [-0.15, -0.1) is 0 Å². The Morgan fingerprint density at radius 1 is 1.24 bits per heavy atom. The Kier molecular flexibility index (Phi) is 4.11. The van der Waals surface area contributed by atoms with Gasteiger partial charge in [0.05, 0.1) is 5.60 Å². The van der Waals surface area contributed by atoms with Crippen molar-refractivity contribution in [2.75, 3.05) is 19.6 Å². The first kappa shape index (κ1) is 13.3. The summed E-state index contributed by atoms with van der Waals surface area (Å²) < 4.78 is 0. The number of nitrogens with one attached hydrogen (secondary N) is 1. The molecule has 1 heterocycles. The van der Waals surface area contributed by atoms with Crippen molar-refractivity contribution in [2.45, 2.75) is 57.5 Å². The van der Waals surface area contributed by atoms with Gasteiger partial charge in [-0.1, -0.05) is 19.8 Å². The van der Waals surface area contributed by atoms with Crippen LogP contribution in [0.3, 0.4) is 0 Å². The van der Waals surface area contributed by atoms with Gasteiger partial charge in [-0.2, -0.15) is 0 Å². The van der Waals surface area contributed by atoms with Crippen LogP contribution in [0.15, 0.2) is 0 Å². The van der Waals surface area contributed by atoms with Gasteiger partial charge in [-0.05, 0) is 51.1 Å². The highest BCUT2D eigenvalue weighted by Gasteiger charge is 2.50. The van der Waals surface area contributed by atoms with Gasteiger partial charge in [-0.25, -0.2) is 0 Å². The molecule has 2 rings (SSSR count). The minimum Gasteiger partial charge on any atom is -0.389 e. The van der Waals surface area contributed by atoms with Crippen LogP contribution in [0, 0.1) is 11.3 Å². The molecule has 1 aliphatic carbocycles. The third kappa shape index (κ3) is 2.51. The van der Waals surface area contributed by atoms with Crippen molar-refractivity contribution in [3.63, 3.8) is 0 Å². The molecule has 0 radical (unpaired) electrons. The van der Waals surface area contributed by atoms with Gasteiger partial charge in [0.2, 0.25) is 0 Å². The molecule has 100 valence electrons. The van der Waals surface area contributed by atoms with Crippen LogP contribution in [0.5, 0.6) is 0 Å². The molecule has 0 amide bonds. The number of hydrogen-bond acceptors (Lipinski definition) is 3. The zero-order chi connectivity index (χ0) is 12.4. The predicted octanol–water partition coefficient (Wildman–Crippen LogP) is 1.65. The average Bonchev–Trinajstić information content (AvgIpc) is 2.55. The average molecular weight is 240 g/mol. The second kappa shape index (κ2) is 5.25. The molecule has 0 aromatic heterocycles. The summed E-state index contributed by atoms with van der Waals surface area (Å²) in [6.07, 6.45) is 7.63. The van der Waals surface area contributed by atoms with Crippen LogP contribution in [0.25, 0.3) is 0 Å². The van der Waals surface area contributed by atoms with Crippen molar-refractivity contribution in [2.24, 2.45) is 17.1 Å². The van der Waals surface area contributed by atoms with Crippen molar-refractivity contribution in [3.8, 4) is 0 Å². The van der Waals surface area contributed by atoms with Crippen LogP contribution in [0.4, 0.5) is 0 Å². The van der Waals surface area contributed by atoms with E-state index in [1.165, 1.54) is 12.8 Å². The second-order valence-electron chi connectivity index (χ2n) is 6.32. The molecule has 1 aliphatic heterocycles. The number of rotatable bonds is 2. The van der Waals surface area contributed by atoms with E-state index in [-0.39, 0.29) is 5.41 Å². The van der Waals surface area contributed by atoms with E-state index >= 15 is 0 Å². The van der Waals surface area contributed by atoms with Crippen molar-refractivity contribution in [1.29, 1.82) is 0 Å². The van der Waals surface area contributed by atoms with Crippen LogP contribution < -0.4 is 11.1 Å². The summed E-state index contributed by atoms with van der Waals surface area (Å²) in [6, 6.07) is 0. The highest BCUT2D eigenvalue weighted by Crippen LogP contribution is 2.49. The SMILES string of the molecule is CC1CCCC(CN)(C2(O)CCCNCC2)C1. The van der Waals surface area contributed by atoms with Crippen LogP contribution in [-0.4, -0.2) is 30.3 Å². The molecule has 2 aliphatic rings. The summed E-state index contributed by atoms with van der Waals surface area (Å²) in [4.78, 5) is 0. The lowest BCUT2D eigenvalue weighted by atomic mass is 9.58. The molecule has 2 fully saturated rings. The number of hydrogen-bond donors (Lipinski definition) is 3. The minimum atomic E-state index is -0.528. The smallest absolute Gasteiger partial charge is 0.0728 e. The third-order valence-corrected chi connectivity index (χ3v) is 5.13. The number of aliphatic hydroxyl groups is 1. The molecule has 4 N–H and O–H groups in total. The van der Waals surface area contributed by atoms with Crippen molar-refractivity contribution in [1.82, 2.24) is 5.32 Å². The molecule has 0 aromatic rings. The van der Waals surface area contributed by atoms with E-state index in [0.29, 0.717) is 12.5 Å². The summed E-state index contributed by atoms with van der Waals surface area (Å²) in [5, 5.41) is 14.5. The van der Waals surface area contributed by atoms with E-state index in [4.69, 9.17) is 5.73 Å². The minimum absolute atomic E-state index is 0.0172. The fourth-order valence-corrected chi connectivity index (χ4v) is 4.04. The summed E-state index contributed by atoms with van der Waals surface area (Å²) >= 11 is 0. The highest BCUT2D eigenvalue weighted by molar-refractivity contribution is 5.03. The van der Waals surface area contributed by atoms with E-state index in [1.807, 2.05) is 0 Å². The Labute approximate surface area is 105 Å². The van der Waals surface area contributed by atoms with E-state index < -0.39 is 5.60 Å². The molecular formula is C14H28N2O. The summed E-state index contributed by atoms with van der Waals surface area (Å²) in [5.74, 6) is 0.715. The topological polar surface area (TPSA) is 58.3 Å². The Morgan fingerprint density at radius 2 is 2.06 bits per heavy atom. The lowest BCUT2D eigenvalue weighted by Crippen LogP contribution is -2.55. The Morgan fingerprint density at radius 3 is 2.76 bits per heavy atom. The molecule has 0 bridgehead atoms. The van der Waals surface area contributed by atoms with Gasteiger partial charge in [0.1, 0.15) is 0 Å². The van der Waals surface area contributed by atoms with Crippen LogP contribution in [-0.2, 0) is 0 Å². The molecule has 1 saturated heterocycles. The molecule has 1 saturated carbocycles. The normalized spacial score (nSPS) is 44.3. The highest BCUT2D eigenvalue weighted by atomic mass is 16.3. The Balaban J connectivity index is 2.19. The largest absolute Gasteiger partial charge is 0.389 e. The Bertz CT molecular complexity index is 249. The summed E-state index contributed by atoms with van der Waals surface area (Å²) in [7, 11) is 0. The van der Waals surface area contributed by atoms with Crippen LogP contribution in [0.2, 0.25) is 0 Å². The van der Waals surface area contributed by atoms with Gasteiger partial charge in [-0.3, -0.25) is 0 Å². The molecule has 3 atom stereocenters. The van der Waals surface area contributed by atoms with Gasteiger partial charge >= 0.3 is 0 Å². The van der Waals surface area contributed by atoms with E-state index in [2.05, 4.69) is 12.2 Å². The fraction of sp³-hybridized carbons (Fsp3) is 1.00. The van der Waals surface area contributed by atoms with Crippen LogP contribution in [0.1, 0.15) is 51.9 Å². The van der Waals surface area contributed by atoms with Gasteiger partial charge in [0, 0.05) is 12.0 Å². The maximum Gasteiger partial charge on any atom is 0.0728 e. The van der Waals surface area contributed by atoms with E-state index in [9.17, 15) is 5.11 Å². The quantitative estimate of drug-likeness (QED) is 0.688. The molecule has 3 nitrogen and oxygen atoms in total. The van der Waals surface area contributed by atoms with Crippen LogP contribution >= 0.6 is 0 Å². The first-order valence-corrected chi connectivity index (χ1v) is 7.25. The molecular weight excluding hydrogens is 212 g/mol. The zero-order valence-electron chi connectivity index (χ0n) is 11.2. The third-order valence-electron chi connectivity index (χ3n) is 5.13. The lowest BCUT2D eigenvalue weighted by Gasteiger charge is -2.50. The van der Waals surface area contributed by atoms with Gasteiger partial charge in [0.25, 0.3) is 0 Å². The first-order chi connectivity index (χ1) is 8.12. The standard InChI is InChI=1S/C14H28N2O/c1-12-4-2-5-13(10-12,11-15)14(17)6-3-8-16-9-7-14/h12,16-17H,2-11,15H2,1H3. The second-order valence-corrected chi connectivity index (χ2v) is 6.32. The maximum absolute atomic E-state index is 11.1.